The number of nitrogens with zero attached hydrogens (tertiary/aromatic N) is 1. The number of rotatable bonds is 10. The third-order valence-corrected chi connectivity index (χ3v) is 3.32. The highest BCUT2D eigenvalue weighted by atomic mass is 35.5. The van der Waals surface area contributed by atoms with E-state index in [4.69, 9.17) is 5.73 Å². The zero-order valence-electron chi connectivity index (χ0n) is 13.9. The van der Waals surface area contributed by atoms with Crippen molar-refractivity contribution < 1.29 is 9.59 Å². The lowest BCUT2D eigenvalue weighted by molar-refractivity contribution is -0.131. The van der Waals surface area contributed by atoms with Gasteiger partial charge in [0, 0.05) is 38.5 Å². The van der Waals surface area contributed by atoms with Crippen molar-refractivity contribution in [2.75, 3.05) is 19.6 Å². The predicted octanol–water partition coefficient (Wildman–Crippen LogP) is 1.94. The van der Waals surface area contributed by atoms with Crippen molar-refractivity contribution in [3.05, 3.63) is 0 Å². The molecule has 1 atom stereocenters. The second-order valence-corrected chi connectivity index (χ2v) is 5.55. The maximum Gasteiger partial charge on any atom is 0.222 e. The monoisotopic (exact) mass is 321 g/mol. The van der Waals surface area contributed by atoms with Gasteiger partial charge in [-0.15, -0.1) is 12.4 Å². The molecule has 0 bridgehead atoms. The Morgan fingerprint density at radius 1 is 1.14 bits per heavy atom. The number of carbonyl (C=O) groups is 2. The van der Waals surface area contributed by atoms with Crippen LogP contribution in [0.2, 0.25) is 0 Å². The smallest absolute Gasteiger partial charge is 0.222 e. The van der Waals surface area contributed by atoms with Crippen LogP contribution in [0.3, 0.4) is 0 Å². The molecule has 5 nitrogen and oxygen atoms in total. The van der Waals surface area contributed by atoms with Gasteiger partial charge in [-0.1, -0.05) is 13.8 Å². The zero-order valence-corrected chi connectivity index (χ0v) is 14.7. The fraction of sp³-hybridized carbons (Fsp3) is 0.867. The van der Waals surface area contributed by atoms with E-state index in [0.717, 1.165) is 19.5 Å². The molecule has 6 heteroatoms. The second kappa shape index (κ2) is 12.9. The number of hydrogen-bond acceptors (Lipinski definition) is 3. The Hall–Kier alpha value is -0.810. The largest absolute Gasteiger partial charge is 0.352 e. The highest BCUT2D eigenvalue weighted by Crippen LogP contribution is 2.05. The van der Waals surface area contributed by atoms with E-state index >= 15 is 0 Å². The van der Waals surface area contributed by atoms with Crippen LogP contribution in [0, 0.1) is 5.92 Å². The van der Waals surface area contributed by atoms with Crippen molar-refractivity contribution in [2.24, 2.45) is 11.7 Å². The summed E-state index contributed by atoms with van der Waals surface area (Å²) in [7, 11) is 0. The first-order valence-electron chi connectivity index (χ1n) is 7.71. The number of amides is 2. The molecule has 0 spiro atoms. The second-order valence-electron chi connectivity index (χ2n) is 5.55. The molecule has 0 aromatic rings. The van der Waals surface area contributed by atoms with Gasteiger partial charge in [0.05, 0.1) is 0 Å². The molecule has 0 saturated heterocycles. The normalized spacial score (nSPS) is 11.7. The molecule has 0 rings (SSSR count). The molecular formula is C15H32ClN3O2. The van der Waals surface area contributed by atoms with Crippen molar-refractivity contribution in [1.29, 1.82) is 0 Å². The van der Waals surface area contributed by atoms with E-state index in [2.05, 4.69) is 19.2 Å². The maximum absolute atomic E-state index is 11.8. The van der Waals surface area contributed by atoms with E-state index in [1.54, 1.807) is 4.90 Å². The Morgan fingerprint density at radius 3 is 2.14 bits per heavy atom. The summed E-state index contributed by atoms with van der Waals surface area (Å²) in [6, 6.07) is 0.0426. The van der Waals surface area contributed by atoms with Crippen molar-refractivity contribution in [1.82, 2.24) is 10.2 Å². The van der Waals surface area contributed by atoms with Gasteiger partial charge in [0.1, 0.15) is 0 Å². The highest BCUT2D eigenvalue weighted by Gasteiger charge is 2.14. The summed E-state index contributed by atoms with van der Waals surface area (Å²) in [5, 5.41) is 2.94. The van der Waals surface area contributed by atoms with Gasteiger partial charge in [0.25, 0.3) is 0 Å². The van der Waals surface area contributed by atoms with E-state index in [9.17, 15) is 9.59 Å². The van der Waals surface area contributed by atoms with Gasteiger partial charge in [0.2, 0.25) is 11.8 Å². The summed E-state index contributed by atoms with van der Waals surface area (Å²) in [5.41, 5.74) is 5.65. The third-order valence-electron chi connectivity index (χ3n) is 3.32. The van der Waals surface area contributed by atoms with Gasteiger partial charge in [-0.05, 0) is 32.6 Å². The quantitative estimate of drug-likeness (QED) is 0.645. The SMILES string of the molecule is CCN(CC)C(=O)CCCC(=O)NC(CN)CC(C)C.Cl. The highest BCUT2D eigenvalue weighted by molar-refractivity contribution is 5.85. The average Bonchev–Trinajstić information content (AvgIpc) is 2.38. The van der Waals surface area contributed by atoms with Crippen molar-refractivity contribution in [3.8, 4) is 0 Å². The first-order chi connectivity index (χ1) is 9.44. The summed E-state index contributed by atoms with van der Waals surface area (Å²) < 4.78 is 0. The molecule has 0 saturated carbocycles. The van der Waals surface area contributed by atoms with Crippen LogP contribution in [0.15, 0.2) is 0 Å². The number of carbonyl (C=O) groups excluding carboxylic acids is 2. The number of halogens is 1. The Bertz CT molecular complexity index is 295. The summed E-state index contributed by atoms with van der Waals surface area (Å²) >= 11 is 0. The Balaban J connectivity index is 0. The minimum absolute atomic E-state index is 0. The van der Waals surface area contributed by atoms with Crippen LogP contribution < -0.4 is 11.1 Å². The average molecular weight is 322 g/mol. The lowest BCUT2D eigenvalue weighted by atomic mass is 10.0. The van der Waals surface area contributed by atoms with E-state index in [0.29, 0.717) is 31.7 Å². The Kier molecular flexibility index (Phi) is 13.8. The van der Waals surface area contributed by atoms with Crippen LogP contribution in [0.1, 0.15) is 53.4 Å². The van der Waals surface area contributed by atoms with Crippen LogP contribution in [-0.4, -0.2) is 42.4 Å². The van der Waals surface area contributed by atoms with E-state index < -0.39 is 0 Å². The first kappa shape index (κ1) is 22.5. The molecule has 0 aliphatic carbocycles. The molecule has 2 amide bonds. The summed E-state index contributed by atoms with van der Waals surface area (Å²) in [6.07, 6.45) is 2.31. The van der Waals surface area contributed by atoms with Crippen molar-refractivity contribution in [3.63, 3.8) is 0 Å². The van der Waals surface area contributed by atoms with Crippen molar-refractivity contribution >= 4 is 24.2 Å². The summed E-state index contributed by atoms with van der Waals surface area (Å²) in [6.45, 7) is 10.1. The standard InChI is InChI=1S/C15H31N3O2.ClH/c1-5-18(6-2)15(20)9-7-8-14(19)17-13(11-16)10-12(3)4;/h12-13H,5-11,16H2,1-4H3,(H,17,19);1H. The van der Waals surface area contributed by atoms with Gasteiger partial charge >= 0.3 is 0 Å². The van der Waals surface area contributed by atoms with Crippen LogP contribution >= 0.6 is 12.4 Å². The molecule has 0 aliphatic rings. The molecule has 21 heavy (non-hydrogen) atoms. The van der Waals surface area contributed by atoms with Crippen LogP contribution in [0.25, 0.3) is 0 Å². The lowest BCUT2D eigenvalue weighted by Crippen LogP contribution is -2.41. The topological polar surface area (TPSA) is 75.4 Å². The van der Waals surface area contributed by atoms with Crippen LogP contribution in [0.5, 0.6) is 0 Å². The number of hydrogen-bond donors (Lipinski definition) is 2. The lowest BCUT2D eigenvalue weighted by Gasteiger charge is -2.20. The third kappa shape index (κ3) is 10.5. The predicted molar refractivity (Wildman–Crippen MR) is 89.5 cm³/mol. The van der Waals surface area contributed by atoms with Gasteiger partial charge in [0.15, 0.2) is 0 Å². The van der Waals surface area contributed by atoms with E-state index in [1.807, 2.05) is 13.8 Å². The van der Waals surface area contributed by atoms with Gasteiger partial charge < -0.3 is 16.0 Å². The molecule has 126 valence electrons. The van der Waals surface area contributed by atoms with Gasteiger partial charge in [-0.25, -0.2) is 0 Å². The minimum atomic E-state index is -0.00607. The first-order valence-corrected chi connectivity index (χ1v) is 7.71. The Labute approximate surface area is 135 Å². The molecule has 1 unspecified atom stereocenters. The molecule has 0 aromatic carbocycles. The number of nitrogens with one attached hydrogen (secondary N) is 1. The molecule has 0 aromatic heterocycles. The molecular weight excluding hydrogens is 290 g/mol. The Morgan fingerprint density at radius 2 is 1.71 bits per heavy atom. The molecule has 0 fully saturated rings. The maximum atomic E-state index is 11.8. The zero-order chi connectivity index (χ0) is 15.5. The molecule has 0 aliphatic heterocycles. The van der Waals surface area contributed by atoms with Crippen LogP contribution in [0.4, 0.5) is 0 Å². The molecule has 0 heterocycles. The minimum Gasteiger partial charge on any atom is -0.352 e. The van der Waals surface area contributed by atoms with Gasteiger partial charge in [-0.3, -0.25) is 9.59 Å². The summed E-state index contributed by atoms with van der Waals surface area (Å²) in [5.74, 6) is 0.627. The number of nitrogens with two attached hydrogens (primary N) is 1. The van der Waals surface area contributed by atoms with E-state index in [1.165, 1.54) is 0 Å². The fourth-order valence-corrected chi connectivity index (χ4v) is 2.22. The summed E-state index contributed by atoms with van der Waals surface area (Å²) in [4.78, 5) is 25.4. The van der Waals surface area contributed by atoms with Crippen molar-refractivity contribution in [2.45, 2.75) is 59.4 Å². The van der Waals surface area contributed by atoms with Gasteiger partial charge in [-0.2, -0.15) is 0 Å². The fourth-order valence-electron chi connectivity index (χ4n) is 2.22. The molecule has 3 N–H and O–H groups in total. The van der Waals surface area contributed by atoms with E-state index in [-0.39, 0.29) is 30.3 Å². The van der Waals surface area contributed by atoms with Crippen LogP contribution in [-0.2, 0) is 9.59 Å². The molecule has 0 radical (unpaired) electrons.